The second-order valence-corrected chi connectivity index (χ2v) is 12.2. The molecule has 2 aliphatic carbocycles. The second-order valence-electron chi connectivity index (χ2n) is 7.79. The fourth-order valence-electron chi connectivity index (χ4n) is 3.82. The predicted molar refractivity (Wildman–Crippen MR) is 86.4 cm³/mol. The van der Waals surface area contributed by atoms with Crippen molar-refractivity contribution in [2.75, 3.05) is 0 Å². The normalized spacial score (nSPS) is 24.6. The van der Waals surface area contributed by atoms with Gasteiger partial charge in [0.1, 0.15) is 6.10 Å². The van der Waals surface area contributed by atoms with Gasteiger partial charge in [0, 0.05) is 5.92 Å². The van der Waals surface area contributed by atoms with Gasteiger partial charge in [-0.25, -0.2) is 0 Å². The minimum Gasteiger partial charge on any atom is -0.407 e. The van der Waals surface area contributed by atoms with E-state index in [0.717, 1.165) is 12.8 Å². The zero-order valence-corrected chi connectivity index (χ0v) is 14.6. The Balaban J connectivity index is 2.05. The summed E-state index contributed by atoms with van der Waals surface area (Å²) in [7, 11) is -1.65. The molecule has 1 unspecified atom stereocenters. The zero-order chi connectivity index (χ0) is 14.6. The van der Waals surface area contributed by atoms with E-state index in [1.807, 2.05) is 0 Å². The summed E-state index contributed by atoms with van der Waals surface area (Å²) in [6.45, 7) is 6.66. The number of hydrogen-bond donors (Lipinski definition) is 0. The lowest BCUT2D eigenvalue weighted by Gasteiger charge is -2.36. The van der Waals surface area contributed by atoms with Crippen LogP contribution in [0.15, 0.2) is 0 Å². The Labute approximate surface area is 125 Å². The van der Waals surface area contributed by atoms with Gasteiger partial charge in [0.25, 0.3) is 0 Å². The zero-order valence-electron chi connectivity index (χ0n) is 13.6. The van der Waals surface area contributed by atoms with E-state index in [0.29, 0.717) is 17.6 Å². The molecule has 0 spiro atoms. The molecule has 0 radical (unpaired) electrons. The summed E-state index contributed by atoms with van der Waals surface area (Å²) in [5, 5.41) is 0. The average molecular weight is 297 g/mol. The summed E-state index contributed by atoms with van der Waals surface area (Å²) in [5.74, 6) is 1.26. The Morgan fingerprint density at radius 3 is 1.90 bits per heavy atom. The van der Waals surface area contributed by atoms with Gasteiger partial charge < -0.3 is 4.43 Å². The topological polar surface area (TPSA) is 26.3 Å². The van der Waals surface area contributed by atoms with Crippen LogP contribution in [0.3, 0.4) is 0 Å². The highest BCUT2D eigenvalue weighted by Gasteiger charge is 2.37. The van der Waals surface area contributed by atoms with E-state index in [9.17, 15) is 4.79 Å². The van der Waals surface area contributed by atoms with Crippen molar-refractivity contribution >= 4 is 14.1 Å². The molecule has 0 aromatic rings. The van der Waals surface area contributed by atoms with Gasteiger partial charge in [0.15, 0.2) is 14.1 Å². The molecular formula is C17H32O2Si. The van der Waals surface area contributed by atoms with Crippen molar-refractivity contribution < 1.29 is 9.22 Å². The van der Waals surface area contributed by atoms with E-state index in [1.165, 1.54) is 51.4 Å². The van der Waals surface area contributed by atoms with Crippen molar-refractivity contribution in [2.45, 2.75) is 90.0 Å². The smallest absolute Gasteiger partial charge is 0.184 e. The van der Waals surface area contributed by atoms with Crippen molar-refractivity contribution in [3.63, 3.8) is 0 Å². The molecule has 116 valence electrons. The molecule has 0 heterocycles. The van der Waals surface area contributed by atoms with Crippen LogP contribution in [0.25, 0.3) is 0 Å². The van der Waals surface area contributed by atoms with Crippen LogP contribution in [-0.4, -0.2) is 20.2 Å². The molecule has 2 saturated carbocycles. The van der Waals surface area contributed by atoms with Crippen LogP contribution in [-0.2, 0) is 9.22 Å². The van der Waals surface area contributed by atoms with Crippen molar-refractivity contribution in [3.8, 4) is 0 Å². The molecule has 0 amide bonds. The summed E-state index contributed by atoms with van der Waals surface area (Å²) < 4.78 is 6.38. The van der Waals surface area contributed by atoms with Crippen molar-refractivity contribution in [1.82, 2.24) is 0 Å². The summed E-state index contributed by atoms with van der Waals surface area (Å²) in [5.41, 5.74) is 0. The quantitative estimate of drug-likeness (QED) is 0.672. The maximum Gasteiger partial charge on any atom is 0.184 e. The lowest BCUT2D eigenvalue weighted by molar-refractivity contribution is -0.134. The molecule has 2 nitrogen and oxygen atoms in total. The average Bonchev–Trinajstić information content (AvgIpc) is 2.45. The lowest BCUT2D eigenvalue weighted by Crippen LogP contribution is -2.44. The Bertz CT molecular complexity index is 309. The maximum absolute atomic E-state index is 13.0. The second kappa shape index (κ2) is 7.21. The molecule has 20 heavy (non-hydrogen) atoms. The molecule has 3 heteroatoms. The van der Waals surface area contributed by atoms with Gasteiger partial charge in [0.2, 0.25) is 0 Å². The van der Waals surface area contributed by atoms with Gasteiger partial charge >= 0.3 is 0 Å². The number of carbonyl (C=O) groups excluding carboxylic acids is 1. The van der Waals surface area contributed by atoms with E-state index in [1.54, 1.807) is 0 Å². The molecule has 0 bridgehead atoms. The Morgan fingerprint density at radius 2 is 1.40 bits per heavy atom. The SMILES string of the molecule is C[Si](C)(C)OC(C(=O)C1CCCCC1)C1CCCCC1. The Hall–Kier alpha value is -0.153. The summed E-state index contributed by atoms with van der Waals surface area (Å²) in [6.07, 6.45) is 12.2. The lowest BCUT2D eigenvalue weighted by atomic mass is 9.78. The number of ketones is 1. The van der Waals surface area contributed by atoms with Gasteiger partial charge in [0.05, 0.1) is 0 Å². The first-order valence-corrected chi connectivity index (χ1v) is 12.1. The van der Waals surface area contributed by atoms with Crippen LogP contribution < -0.4 is 0 Å². The Kier molecular flexibility index (Phi) is 5.85. The molecule has 0 aromatic heterocycles. The highest BCUT2D eigenvalue weighted by atomic mass is 28.4. The van der Waals surface area contributed by atoms with Gasteiger partial charge in [-0.2, -0.15) is 0 Å². The number of Topliss-reactive ketones (excluding diaryl/α,β-unsaturated/α-hetero) is 1. The third kappa shape index (κ3) is 4.69. The minimum atomic E-state index is -1.65. The largest absolute Gasteiger partial charge is 0.407 e. The first-order chi connectivity index (χ1) is 9.47. The van der Waals surface area contributed by atoms with Crippen molar-refractivity contribution in [1.29, 1.82) is 0 Å². The van der Waals surface area contributed by atoms with Crippen LogP contribution in [0.4, 0.5) is 0 Å². The van der Waals surface area contributed by atoms with Crippen molar-refractivity contribution in [3.05, 3.63) is 0 Å². The number of carbonyl (C=O) groups is 1. The van der Waals surface area contributed by atoms with Crippen LogP contribution in [0.1, 0.15) is 64.2 Å². The molecule has 2 fully saturated rings. The van der Waals surface area contributed by atoms with Gasteiger partial charge in [-0.05, 0) is 51.2 Å². The van der Waals surface area contributed by atoms with Crippen LogP contribution >= 0.6 is 0 Å². The number of rotatable bonds is 5. The highest BCUT2D eigenvalue weighted by molar-refractivity contribution is 6.69. The minimum absolute atomic E-state index is 0.0786. The third-order valence-corrected chi connectivity index (χ3v) is 5.81. The van der Waals surface area contributed by atoms with E-state index in [-0.39, 0.29) is 6.10 Å². The molecule has 0 aromatic carbocycles. The van der Waals surface area contributed by atoms with E-state index >= 15 is 0 Å². The van der Waals surface area contributed by atoms with Gasteiger partial charge in [-0.15, -0.1) is 0 Å². The van der Waals surface area contributed by atoms with Gasteiger partial charge in [-0.3, -0.25) is 4.79 Å². The maximum atomic E-state index is 13.0. The van der Waals surface area contributed by atoms with E-state index in [2.05, 4.69) is 19.6 Å². The summed E-state index contributed by atoms with van der Waals surface area (Å²) >= 11 is 0. The molecule has 0 saturated heterocycles. The molecule has 2 aliphatic rings. The van der Waals surface area contributed by atoms with Crippen LogP contribution in [0.5, 0.6) is 0 Å². The number of hydrogen-bond acceptors (Lipinski definition) is 2. The summed E-state index contributed by atoms with van der Waals surface area (Å²) in [6, 6.07) is 0. The van der Waals surface area contributed by atoms with E-state index < -0.39 is 8.32 Å². The fourth-order valence-corrected chi connectivity index (χ4v) is 4.89. The molecule has 2 rings (SSSR count). The molecule has 1 atom stereocenters. The molecule has 0 aliphatic heterocycles. The molecule has 0 N–H and O–H groups in total. The van der Waals surface area contributed by atoms with E-state index in [4.69, 9.17) is 4.43 Å². The van der Waals surface area contributed by atoms with Crippen LogP contribution in [0.2, 0.25) is 19.6 Å². The third-order valence-electron chi connectivity index (χ3n) is 4.85. The summed E-state index contributed by atoms with van der Waals surface area (Å²) in [4.78, 5) is 13.0. The first kappa shape index (κ1) is 16.2. The van der Waals surface area contributed by atoms with Gasteiger partial charge in [-0.1, -0.05) is 38.5 Å². The molecular weight excluding hydrogens is 264 g/mol. The van der Waals surface area contributed by atoms with Crippen molar-refractivity contribution in [2.24, 2.45) is 11.8 Å². The first-order valence-electron chi connectivity index (χ1n) is 8.69. The monoisotopic (exact) mass is 296 g/mol. The predicted octanol–water partition coefficient (Wildman–Crippen LogP) is 4.94. The van der Waals surface area contributed by atoms with Crippen LogP contribution in [0, 0.1) is 11.8 Å². The fraction of sp³-hybridized carbons (Fsp3) is 0.941. The highest BCUT2D eigenvalue weighted by Crippen LogP contribution is 2.34. The Morgan fingerprint density at radius 1 is 0.900 bits per heavy atom. The standard InChI is InChI=1S/C17H32O2Si/c1-20(2,3)19-17(15-12-8-5-9-13-15)16(18)14-10-6-4-7-11-14/h14-15,17H,4-13H2,1-3H3.